The Bertz CT molecular complexity index is 815. The SMILES string of the molecule is Cc1cc(C)c(CNC(=O)c2cnc(OC(C)C)c(Cl)c2)c(=O)[nH]1. The van der Waals surface area contributed by atoms with Crippen LogP contribution >= 0.6 is 11.6 Å². The predicted molar refractivity (Wildman–Crippen MR) is 92.7 cm³/mol. The van der Waals surface area contributed by atoms with Gasteiger partial charge in [0.2, 0.25) is 5.88 Å². The number of halogens is 1. The summed E-state index contributed by atoms with van der Waals surface area (Å²) in [5.74, 6) is -0.0751. The molecule has 0 fully saturated rings. The molecule has 128 valence electrons. The molecular formula is C17H20ClN3O3. The van der Waals surface area contributed by atoms with E-state index in [1.165, 1.54) is 12.3 Å². The average Bonchev–Trinajstić information content (AvgIpc) is 2.47. The van der Waals surface area contributed by atoms with Crippen LogP contribution in [0.3, 0.4) is 0 Å². The lowest BCUT2D eigenvalue weighted by atomic mass is 10.1. The van der Waals surface area contributed by atoms with E-state index < -0.39 is 0 Å². The number of aryl methyl sites for hydroxylation is 2. The molecule has 0 aliphatic heterocycles. The van der Waals surface area contributed by atoms with E-state index in [1.807, 2.05) is 33.8 Å². The van der Waals surface area contributed by atoms with E-state index in [2.05, 4.69) is 15.3 Å². The van der Waals surface area contributed by atoms with Crippen LogP contribution in [-0.2, 0) is 6.54 Å². The summed E-state index contributed by atoms with van der Waals surface area (Å²) in [5.41, 5.74) is 2.23. The summed E-state index contributed by atoms with van der Waals surface area (Å²) in [6.45, 7) is 7.49. The number of hydrogen-bond donors (Lipinski definition) is 2. The van der Waals surface area contributed by atoms with Crippen molar-refractivity contribution in [2.75, 3.05) is 0 Å². The normalized spacial score (nSPS) is 10.8. The summed E-state index contributed by atoms with van der Waals surface area (Å²) in [6.07, 6.45) is 1.33. The van der Waals surface area contributed by atoms with Gasteiger partial charge in [0.25, 0.3) is 11.5 Å². The van der Waals surface area contributed by atoms with Crippen molar-refractivity contribution in [2.45, 2.75) is 40.3 Å². The van der Waals surface area contributed by atoms with Crippen LogP contribution in [0.2, 0.25) is 5.02 Å². The molecule has 24 heavy (non-hydrogen) atoms. The van der Waals surface area contributed by atoms with Crippen molar-refractivity contribution >= 4 is 17.5 Å². The molecule has 0 aliphatic carbocycles. The number of aromatic amines is 1. The molecule has 1 amide bonds. The number of nitrogens with zero attached hydrogens (tertiary/aromatic N) is 1. The van der Waals surface area contributed by atoms with Gasteiger partial charge in [-0.05, 0) is 45.4 Å². The standard InChI is InChI=1S/C17H20ClN3O3/c1-9(2)24-17-14(18)6-12(7-20-17)15(22)19-8-13-10(3)5-11(4)21-16(13)23/h5-7,9H,8H2,1-4H3,(H,19,22)(H,21,23). The second-order valence-corrected chi connectivity index (χ2v) is 6.21. The quantitative estimate of drug-likeness (QED) is 0.869. The maximum atomic E-state index is 12.2. The van der Waals surface area contributed by atoms with Crippen molar-refractivity contribution in [1.82, 2.24) is 15.3 Å². The molecule has 0 unspecified atom stereocenters. The number of H-pyrrole nitrogens is 1. The van der Waals surface area contributed by atoms with Crippen LogP contribution in [0.15, 0.2) is 23.1 Å². The molecule has 0 radical (unpaired) electrons. The van der Waals surface area contributed by atoms with Crippen LogP contribution in [0.25, 0.3) is 0 Å². The minimum Gasteiger partial charge on any atom is -0.474 e. The molecule has 0 atom stereocenters. The monoisotopic (exact) mass is 349 g/mol. The molecule has 6 nitrogen and oxygen atoms in total. The van der Waals surface area contributed by atoms with Gasteiger partial charge in [-0.1, -0.05) is 11.6 Å². The predicted octanol–water partition coefficient (Wildman–Crippen LogP) is 2.76. The van der Waals surface area contributed by atoms with E-state index in [-0.39, 0.29) is 35.0 Å². The van der Waals surface area contributed by atoms with Crippen molar-refractivity contribution in [3.8, 4) is 5.88 Å². The lowest BCUT2D eigenvalue weighted by molar-refractivity contribution is 0.0950. The third kappa shape index (κ3) is 4.35. The fraction of sp³-hybridized carbons (Fsp3) is 0.353. The Morgan fingerprint density at radius 3 is 2.67 bits per heavy atom. The number of ether oxygens (including phenoxy) is 1. The van der Waals surface area contributed by atoms with Crippen molar-refractivity contribution in [3.63, 3.8) is 0 Å². The van der Waals surface area contributed by atoms with Gasteiger partial charge in [0.1, 0.15) is 5.02 Å². The van der Waals surface area contributed by atoms with Gasteiger partial charge < -0.3 is 15.0 Å². The lowest BCUT2D eigenvalue weighted by Crippen LogP contribution is -2.28. The molecule has 0 aliphatic rings. The van der Waals surface area contributed by atoms with Gasteiger partial charge in [0.05, 0.1) is 11.7 Å². The maximum Gasteiger partial charge on any atom is 0.253 e. The van der Waals surface area contributed by atoms with Crippen LogP contribution in [0.1, 0.15) is 41.0 Å². The van der Waals surface area contributed by atoms with Crippen LogP contribution in [0.5, 0.6) is 5.88 Å². The number of nitrogens with one attached hydrogen (secondary N) is 2. The molecule has 0 saturated heterocycles. The van der Waals surface area contributed by atoms with E-state index in [1.54, 1.807) is 0 Å². The second kappa shape index (κ2) is 7.49. The number of carbonyl (C=O) groups excluding carboxylic acids is 1. The fourth-order valence-corrected chi connectivity index (χ4v) is 2.44. The Morgan fingerprint density at radius 2 is 2.08 bits per heavy atom. The summed E-state index contributed by atoms with van der Waals surface area (Å²) < 4.78 is 5.43. The third-order valence-electron chi connectivity index (χ3n) is 3.34. The Morgan fingerprint density at radius 1 is 1.38 bits per heavy atom. The first-order valence-electron chi connectivity index (χ1n) is 7.57. The highest BCUT2D eigenvalue weighted by Gasteiger charge is 2.13. The zero-order chi connectivity index (χ0) is 17.9. The first-order valence-corrected chi connectivity index (χ1v) is 7.95. The Kier molecular flexibility index (Phi) is 5.62. The Hall–Kier alpha value is -2.34. The molecule has 2 N–H and O–H groups in total. The molecule has 2 aromatic rings. The summed E-state index contributed by atoms with van der Waals surface area (Å²) in [4.78, 5) is 31.0. The van der Waals surface area contributed by atoms with Crippen LogP contribution in [0, 0.1) is 13.8 Å². The van der Waals surface area contributed by atoms with Gasteiger partial charge in [-0.2, -0.15) is 0 Å². The highest BCUT2D eigenvalue weighted by molar-refractivity contribution is 6.32. The number of pyridine rings is 2. The van der Waals surface area contributed by atoms with Gasteiger partial charge in [-0.25, -0.2) is 4.98 Å². The zero-order valence-electron chi connectivity index (χ0n) is 14.1. The molecule has 2 rings (SSSR count). The first-order chi connectivity index (χ1) is 11.3. The summed E-state index contributed by atoms with van der Waals surface area (Å²) in [5, 5.41) is 2.97. The summed E-state index contributed by atoms with van der Waals surface area (Å²) in [6, 6.07) is 3.35. The largest absolute Gasteiger partial charge is 0.474 e. The number of hydrogen-bond acceptors (Lipinski definition) is 4. The highest BCUT2D eigenvalue weighted by atomic mass is 35.5. The minimum atomic E-state index is -0.361. The van der Waals surface area contributed by atoms with Gasteiger partial charge in [0, 0.05) is 24.0 Å². The van der Waals surface area contributed by atoms with Gasteiger partial charge in [-0.3, -0.25) is 9.59 Å². The molecule has 0 spiro atoms. The zero-order valence-corrected chi connectivity index (χ0v) is 14.8. The fourth-order valence-electron chi connectivity index (χ4n) is 2.23. The molecule has 2 heterocycles. The van der Waals surface area contributed by atoms with E-state index in [0.29, 0.717) is 11.1 Å². The molecule has 7 heteroatoms. The molecule has 2 aromatic heterocycles. The maximum absolute atomic E-state index is 12.2. The second-order valence-electron chi connectivity index (χ2n) is 5.80. The molecule has 0 aromatic carbocycles. The molecular weight excluding hydrogens is 330 g/mol. The van der Waals surface area contributed by atoms with Crippen LogP contribution < -0.4 is 15.6 Å². The van der Waals surface area contributed by atoms with E-state index >= 15 is 0 Å². The van der Waals surface area contributed by atoms with Crippen molar-refractivity contribution in [1.29, 1.82) is 0 Å². The van der Waals surface area contributed by atoms with Crippen LogP contribution in [-0.4, -0.2) is 22.0 Å². The smallest absolute Gasteiger partial charge is 0.253 e. The van der Waals surface area contributed by atoms with Crippen molar-refractivity contribution in [2.24, 2.45) is 0 Å². The average molecular weight is 350 g/mol. The third-order valence-corrected chi connectivity index (χ3v) is 3.61. The Labute approximate surface area is 145 Å². The molecule has 0 saturated carbocycles. The van der Waals surface area contributed by atoms with Crippen LogP contribution in [0.4, 0.5) is 0 Å². The van der Waals surface area contributed by atoms with E-state index in [4.69, 9.17) is 16.3 Å². The van der Waals surface area contributed by atoms with Gasteiger partial charge in [-0.15, -0.1) is 0 Å². The molecule has 0 bridgehead atoms. The number of rotatable bonds is 5. The number of amides is 1. The summed E-state index contributed by atoms with van der Waals surface area (Å²) in [7, 11) is 0. The lowest BCUT2D eigenvalue weighted by Gasteiger charge is -2.11. The van der Waals surface area contributed by atoms with Crippen molar-refractivity contribution < 1.29 is 9.53 Å². The van der Waals surface area contributed by atoms with Gasteiger partial charge in [0.15, 0.2) is 0 Å². The Balaban J connectivity index is 2.11. The minimum absolute atomic E-state index is 0.0640. The number of carbonyl (C=O) groups is 1. The highest BCUT2D eigenvalue weighted by Crippen LogP contribution is 2.23. The number of aromatic nitrogens is 2. The van der Waals surface area contributed by atoms with Crippen molar-refractivity contribution in [3.05, 3.63) is 56.1 Å². The topological polar surface area (TPSA) is 84.1 Å². The van der Waals surface area contributed by atoms with Gasteiger partial charge >= 0.3 is 0 Å². The first kappa shape index (κ1) is 18.0. The van der Waals surface area contributed by atoms with E-state index in [0.717, 1.165) is 11.3 Å². The summed E-state index contributed by atoms with van der Waals surface area (Å²) >= 11 is 6.08. The van der Waals surface area contributed by atoms with E-state index in [9.17, 15) is 9.59 Å².